The van der Waals surface area contributed by atoms with Crippen LogP contribution in [0.15, 0.2) is 42.5 Å². The molecule has 6 heteroatoms. The van der Waals surface area contributed by atoms with Crippen molar-refractivity contribution in [2.75, 3.05) is 0 Å². The smallest absolute Gasteiger partial charge is 0.355 e. The van der Waals surface area contributed by atoms with Crippen LogP contribution < -0.4 is 0 Å². The number of aromatic nitrogens is 2. The summed E-state index contributed by atoms with van der Waals surface area (Å²) in [5, 5.41) is 9.71. The monoisotopic (exact) mass is 475 g/mol. The van der Waals surface area contributed by atoms with Crippen molar-refractivity contribution in [1.29, 1.82) is 0 Å². The second kappa shape index (κ2) is 10.9. The predicted molar refractivity (Wildman–Crippen MR) is 136 cm³/mol. The van der Waals surface area contributed by atoms with Crippen molar-refractivity contribution in [2.45, 2.75) is 70.8 Å². The lowest BCUT2D eigenvalue weighted by atomic mass is 9.83. The number of carboxylic acids is 1. The van der Waals surface area contributed by atoms with E-state index in [9.17, 15) is 9.90 Å². The standard InChI is InChI=1S/C28H30ClN3O2/c1-3-4-10-25-31-27(29)26(28(33)34)32(25)18-19-11-13-21(14-12-19)23-17-22(15-16-24(23)30-2)20-8-6-5-7-9-20/h11-17,20H,3-10,18H2,1H3,(H,33,34). The number of hydrogen-bond acceptors (Lipinski definition) is 2. The fourth-order valence-corrected chi connectivity index (χ4v) is 5.19. The molecule has 0 atom stereocenters. The van der Waals surface area contributed by atoms with Crippen LogP contribution in [0.1, 0.15) is 85.2 Å². The second-order valence-electron chi connectivity index (χ2n) is 9.08. The summed E-state index contributed by atoms with van der Waals surface area (Å²) in [6.07, 6.45) is 8.89. The first-order valence-electron chi connectivity index (χ1n) is 12.1. The van der Waals surface area contributed by atoms with Gasteiger partial charge in [0.2, 0.25) is 0 Å². The van der Waals surface area contributed by atoms with Crippen LogP contribution in [0.5, 0.6) is 0 Å². The Morgan fingerprint density at radius 2 is 1.91 bits per heavy atom. The highest BCUT2D eigenvalue weighted by Gasteiger charge is 2.22. The van der Waals surface area contributed by atoms with Crippen molar-refractivity contribution in [2.24, 2.45) is 0 Å². The van der Waals surface area contributed by atoms with E-state index in [1.807, 2.05) is 30.3 Å². The fraction of sp³-hybridized carbons (Fsp3) is 0.393. The van der Waals surface area contributed by atoms with Gasteiger partial charge in [0.05, 0.1) is 6.57 Å². The van der Waals surface area contributed by atoms with Gasteiger partial charge in [-0.15, -0.1) is 0 Å². The van der Waals surface area contributed by atoms with Gasteiger partial charge in [-0.25, -0.2) is 14.6 Å². The maximum absolute atomic E-state index is 11.8. The Bertz CT molecular complexity index is 1200. The summed E-state index contributed by atoms with van der Waals surface area (Å²) in [6.45, 7) is 10.1. The number of nitrogens with zero attached hydrogens (tertiary/aromatic N) is 3. The molecule has 5 nitrogen and oxygen atoms in total. The number of unbranched alkanes of at least 4 members (excludes halogenated alkanes) is 1. The zero-order valence-electron chi connectivity index (χ0n) is 19.6. The van der Waals surface area contributed by atoms with Gasteiger partial charge in [-0.2, -0.15) is 0 Å². The average Bonchev–Trinajstić information content (AvgIpc) is 3.18. The lowest BCUT2D eigenvalue weighted by Gasteiger charge is -2.23. The van der Waals surface area contributed by atoms with E-state index in [0.29, 0.717) is 30.4 Å². The van der Waals surface area contributed by atoms with Crippen LogP contribution in [0.25, 0.3) is 16.0 Å². The Kier molecular flexibility index (Phi) is 7.70. The molecule has 4 rings (SSSR count). The molecule has 34 heavy (non-hydrogen) atoms. The van der Waals surface area contributed by atoms with Gasteiger partial charge < -0.3 is 9.67 Å². The SMILES string of the molecule is [C-]#[N+]c1ccc(C2CCCCC2)cc1-c1ccc(Cn2c(CCCC)nc(Cl)c2C(=O)O)cc1. The molecule has 3 aromatic rings. The van der Waals surface area contributed by atoms with Crippen molar-refractivity contribution < 1.29 is 9.90 Å². The van der Waals surface area contributed by atoms with E-state index in [-0.39, 0.29) is 10.8 Å². The third kappa shape index (κ3) is 5.18. The largest absolute Gasteiger partial charge is 0.476 e. The molecule has 0 radical (unpaired) electrons. The molecule has 176 valence electrons. The number of benzene rings is 2. The number of rotatable bonds is 8. The van der Waals surface area contributed by atoms with E-state index < -0.39 is 5.97 Å². The summed E-state index contributed by atoms with van der Waals surface area (Å²) in [6, 6.07) is 14.3. The molecule has 0 aliphatic heterocycles. The summed E-state index contributed by atoms with van der Waals surface area (Å²) >= 11 is 6.17. The average molecular weight is 476 g/mol. The van der Waals surface area contributed by atoms with Crippen LogP contribution in [-0.2, 0) is 13.0 Å². The maximum Gasteiger partial charge on any atom is 0.355 e. The minimum absolute atomic E-state index is 0.0346. The first kappa shape index (κ1) is 24.0. The highest BCUT2D eigenvalue weighted by Crippen LogP contribution is 2.38. The molecule has 1 aromatic heterocycles. The van der Waals surface area contributed by atoms with Crippen LogP contribution in [0.2, 0.25) is 5.15 Å². The fourth-order valence-electron chi connectivity index (χ4n) is 4.91. The molecule has 0 spiro atoms. The number of aromatic carboxylic acids is 1. The van der Waals surface area contributed by atoms with Gasteiger partial charge >= 0.3 is 5.97 Å². The minimum atomic E-state index is -1.07. The molecular formula is C28H30ClN3O2. The van der Waals surface area contributed by atoms with E-state index in [4.69, 9.17) is 18.2 Å². The molecule has 0 unspecified atom stereocenters. The molecular weight excluding hydrogens is 446 g/mol. The predicted octanol–water partition coefficient (Wildman–Crippen LogP) is 7.89. The van der Waals surface area contributed by atoms with Crippen molar-refractivity contribution in [3.63, 3.8) is 0 Å². The molecule has 1 saturated carbocycles. The number of imidazole rings is 1. The van der Waals surface area contributed by atoms with Crippen LogP contribution in [-0.4, -0.2) is 20.6 Å². The normalized spacial score (nSPS) is 14.1. The summed E-state index contributed by atoms with van der Waals surface area (Å²) in [7, 11) is 0. The zero-order chi connectivity index (χ0) is 24.1. The van der Waals surface area contributed by atoms with Crippen LogP contribution in [0.3, 0.4) is 0 Å². The number of carboxylic acid groups (broad SMARTS) is 1. The molecule has 1 aliphatic carbocycles. The van der Waals surface area contributed by atoms with Gasteiger partial charge in [-0.05, 0) is 47.4 Å². The topological polar surface area (TPSA) is 59.5 Å². The van der Waals surface area contributed by atoms with Gasteiger partial charge in [0, 0.05) is 13.0 Å². The highest BCUT2D eigenvalue weighted by atomic mass is 35.5. The van der Waals surface area contributed by atoms with Gasteiger partial charge in [0.25, 0.3) is 0 Å². The summed E-state index contributed by atoms with van der Waals surface area (Å²) < 4.78 is 1.71. The highest BCUT2D eigenvalue weighted by molar-refractivity contribution is 6.32. The molecule has 0 saturated heterocycles. The van der Waals surface area contributed by atoms with Crippen molar-refractivity contribution >= 4 is 23.3 Å². The van der Waals surface area contributed by atoms with E-state index in [0.717, 1.165) is 29.5 Å². The lowest BCUT2D eigenvalue weighted by molar-refractivity contribution is 0.0685. The van der Waals surface area contributed by atoms with Crippen molar-refractivity contribution in [3.8, 4) is 11.1 Å². The van der Waals surface area contributed by atoms with E-state index in [1.165, 1.54) is 37.7 Å². The second-order valence-corrected chi connectivity index (χ2v) is 9.44. The van der Waals surface area contributed by atoms with Gasteiger partial charge in [0.1, 0.15) is 5.82 Å². The van der Waals surface area contributed by atoms with Crippen molar-refractivity contribution in [3.05, 3.63) is 81.7 Å². The Morgan fingerprint density at radius 1 is 1.18 bits per heavy atom. The number of carbonyl (C=O) groups is 1. The van der Waals surface area contributed by atoms with E-state index in [1.54, 1.807) is 4.57 Å². The van der Waals surface area contributed by atoms with E-state index in [2.05, 4.69) is 28.9 Å². The van der Waals surface area contributed by atoms with Gasteiger partial charge in [-0.1, -0.05) is 86.7 Å². The van der Waals surface area contributed by atoms with Gasteiger partial charge in [-0.3, -0.25) is 0 Å². The molecule has 1 fully saturated rings. The molecule has 2 aromatic carbocycles. The number of hydrogen-bond donors (Lipinski definition) is 1. The maximum atomic E-state index is 11.8. The third-order valence-electron chi connectivity index (χ3n) is 6.78. The first-order chi connectivity index (χ1) is 16.5. The molecule has 1 N–H and O–H groups in total. The first-order valence-corrected chi connectivity index (χ1v) is 12.5. The van der Waals surface area contributed by atoms with Crippen molar-refractivity contribution in [1.82, 2.24) is 9.55 Å². The Balaban J connectivity index is 1.62. The summed E-state index contributed by atoms with van der Waals surface area (Å²) in [5.41, 5.74) is 4.94. The molecule has 1 heterocycles. The summed E-state index contributed by atoms with van der Waals surface area (Å²) in [5.74, 6) is 0.204. The number of halogens is 1. The van der Waals surface area contributed by atoms with E-state index >= 15 is 0 Å². The molecule has 0 bridgehead atoms. The Morgan fingerprint density at radius 3 is 2.56 bits per heavy atom. The van der Waals surface area contributed by atoms with Crippen LogP contribution >= 0.6 is 11.6 Å². The molecule has 1 aliphatic rings. The third-order valence-corrected chi connectivity index (χ3v) is 7.05. The summed E-state index contributed by atoms with van der Waals surface area (Å²) in [4.78, 5) is 19.9. The minimum Gasteiger partial charge on any atom is -0.476 e. The van der Waals surface area contributed by atoms with Crippen LogP contribution in [0.4, 0.5) is 5.69 Å². The Hall–Kier alpha value is -3.10. The van der Waals surface area contributed by atoms with Gasteiger partial charge in [0.15, 0.2) is 16.5 Å². The van der Waals surface area contributed by atoms with Crippen LogP contribution in [0, 0.1) is 6.57 Å². The zero-order valence-corrected chi connectivity index (χ0v) is 20.3. The lowest BCUT2D eigenvalue weighted by Crippen LogP contribution is -2.13. The Labute approximate surface area is 206 Å². The number of aryl methyl sites for hydroxylation is 1. The quantitative estimate of drug-likeness (QED) is 0.337. The molecule has 0 amide bonds.